The monoisotopic (exact) mass is 642 g/mol. The molecule has 0 amide bonds. The minimum Gasteiger partial charge on any atom is -0.184 e. The predicted molar refractivity (Wildman–Crippen MR) is 170 cm³/mol. The fourth-order valence-corrected chi connectivity index (χ4v) is 6.57. The molecule has 0 saturated carbocycles. The van der Waals surface area contributed by atoms with Crippen LogP contribution in [0.4, 0.5) is 0 Å². The molecular weight excluding hydrogens is 611 g/mol. The van der Waals surface area contributed by atoms with E-state index in [1.54, 1.807) is 0 Å². The maximum atomic E-state index is 4.93. The average Bonchev–Trinajstić information content (AvgIpc) is 3.54. The molecule has 0 spiro atoms. The van der Waals surface area contributed by atoms with Gasteiger partial charge in [-0.25, -0.2) is 0 Å². The Bertz CT molecular complexity index is 1500. The quantitative estimate of drug-likeness (QED) is 0.133. The van der Waals surface area contributed by atoms with Crippen LogP contribution in [0.3, 0.4) is 0 Å². The number of rotatable bonds is 3. The molecule has 196 valence electrons. The van der Waals surface area contributed by atoms with E-state index in [4.69, 9.17) is 17.0 Å². The molecule has 5 aromatic carbocycles. The van der Waals surface area contributed by atoms with Crippen LogP contribution in [0.2, 0.25) is 0 Å². The Morgan fingerprint density at radius 1 is 0.821 bits per heavy atom. The third-order valence-corrected chi connectivity index (χ3v) is 8.54. The Morgan fingerprint density at radius 3 is 2.18 bits per heavy atom. The smallest absolute Gasteiger partial charge is 0.0920 e. The summed E-state index contributed by atoms with van der Waals surface area (Å²) < 4.78 is 0. The first-order valence-corrected chi connectivity index (χ1v) is 20.8. The van der Waals surface area contributed by atoms with Gasteiger partial charge in [0.2, 0.25) is 0 Å². The van der Waals surface area contributed by atoms with Crippen molar-refractivity contribution in [1.29, 1.82) is 0 Å². The van der Waals surface area contributed by atoms with Crippen molar-refractivity contribution in [3.8, 4) is 22.3 Å². The van der Waals surface area contributed by atoms with Crippen molar-refractivity contribution >= 4 is 47.7 Å². The van der Waals surface area contributed by atoms with Crippen molar-refractivity contribution in [3.63, 3.8) is 0 Å². The number of benzene rings is 4. The fraction of sp³-hybridized carbons (Fsp3) is 0.229. The third kappa shape index (κ3) is 6.91. The van der Waals surface area contributed by atoms with Gasteiger partial charge in [-0.2, -0.15) is 35.5 Å². The Hall–Kier alpha value is -1.83. The van der Waals surface area contributed by atoms with Crippen LogP contribution >= 0.6 is 17.0 Å². The van der Waals surface area contributed by atoms with Gasteiger partial charge in [-0.3, -0.25) is 0 Å². The van der Waals surface area contributed by atoms with Gasteiger partial charge >= 0.3 is 37.9 Å². The topological polar surface area (TPSA) is 0 Å². The van der Waals surface area contributed by atoms with Gasteiger partial charge in [0.1, 0.15) is 0 Å². The first-order chi connectivity index (χ1) is 18.8. The molecule has 4 heteroatoms. The summed E-state index contributed by atoms with van der Waals surface area (Å²) in [5.41, 5.74) is 10.0. The molecule has 0 saturated heterocycles. The summed E-state index contributed by atoms with van der Waals surface area (Å²) in [6, 6.07) is 36.4. The molecule has 0 aliphatic carbocycles. The second-order valence-corrected chi connectivity index (χ2v) is 15.7. The number of hydrogen-bond acceptors (Lipinski definition) is 0. The Labute approximate surface area is 255 Å². The van der Waals surface area contributed by atoms with Gasteiger partial charge in [0, 0.05) is 0 Å². The zero-order chi connectivity index (χ0) is 28.0. The van der Waals surface area contributed by atoms with Gasteiger partial charge in [0.15, 0.2) is 0 Å². The molecule has 1 heterocycles. The van der Waals surface area contributed by atoms with Crippen LogP contribution in [0.25, 0.3) is 33.0 Å². The van der Waals surface area contributed by atoms with E-state index in [0.29, 0.717) is 0 Å². The molecular formula is C35H34Cl2SiZr. The van der Waals surface area contributed by atoms with Crippen LogP contribution in [0.15, 0.2) is 91.0 Å². The van der Waals surface area contributed by atoms with Gasteiger partial charge in [-0.05, 0) is 29.4 Å². The molecule has 0 unspecified atom stereocenters. The van der Waals surface area contributed by atoms with Crippen molar-refractivity contribution in [3.05, 3.63) is 114 Å². The van der Waals surface area contributed by atoms with E-state index in [1.807, 2.05) is 6.07 Å². The van der Waals surface area contributed by atoms with Crippen molar-refractivity contribution in [2.75, 3.05) is 0 Å². The molecule has 0 nitrogen and oxygen atoms in total. The summed E-state index contributed by atoms with van der Waals surface area (Å²) in [4.78, 5) is 0. The molecule has 0 fully saturated rings. The molecule has 0 aromatic heterocycles. The second-order valence-electron chi connectivity index (χ2n) is 10.7. The Kier molecular flexibility index (Phi) is 10.6. The largest absolute Gasteiger partial charge is 0.184 e. The summed E-state index contributed by atoms with van der Waals surface area (Å²) in [6.07, 6.45) is 2.16. The van der Waals surface area contributed by atoms with Gasteiger partial charge < -0.3 is 0 Å². The first kappa shape index (κ1) is 30.1. The van der Waals surface area contributed by atoms with E-state index >= 15 is 0 Å². The standard InChI is InChI=1S/C23H27.C12H7Si.2ClH.Zr/c1-6-16-14-18-12-13-21(23(3,4)5)22(20(18)15-16)19-11-9-8-10-17(19)7-2;1-3-7-11-9(5-1)10-6-2-4-8-12(10)13-11;;;/h8-15H,6-7H2,1-5H3;1-7H;2*1H;/q2*-1;;;+4/p-2. The summed E-state index contributed by atoms with van der Waals surface area (Å²) >= 11 is -0.826. The second kappa shape index (κ2) is 13.7. The molecule has 39 heavy (non-hydrogen) atoms. The minimum absolute atomic E-state index is 0.133. The number of hydrogen-bond donors (Lipinski definition) is 0. The number of aryl methyl sites for hydroxylation is 2. The van der Waals surface area contributed by atoms with Crippen LogP contribution in [-0.4, -0.2) is 9.52 Å². The van der Waals surface area contributed by atoms with Gasteiger partial charge in [0.25, 0.3) is 0 Å². The van der Waals surface area contributed by atoms with Crippen molar-refractivity contribution < 1.29 is 20.8 Å². The number of fused-ring (bicyclic) bond motifs is 4. The van der Waals surface area contributed by atoms with Crippen LogP contribution < -0.4 is 10.4 Å². The third-order valence-electron chi connectivity index (χ3n) is 7.17. The van der Waals surface area contributed by atoms with E-state index in [0.717, 1.165) is 22.4 Å². The van der Waals surface area contributed by atoms with Crippen LogP contribution in [0, 0.1) is 6.07 Å². The number of halogens is 2. The molecule has 1 aliphatic rings. The molecule has 5 aromatic rings. The van der Waals surface area contributed by atoms with E-state index in [2.05, 4.69) is 126 Å². The van der Waals surface area contributed by atoms with Crippen molar-refractivity contribution in [2.45, 2.75) is 52.9 Å². The summed E-state index contributed by atoms with van der Waals surface area (Å²) in [7, 11) is 10.7. The summed E-state index contributed by atoms with van der Waals surface area (Å²) in [6.45, 7) is 11.4. The SMILES string of the molecule is CCc1cc2c(-c3ccccc3CC)c(C(C)(C)C)ccc2[cH-]1.[Cl][Zr+2][Cl].[c-]1cccc2c1[Si]c1ccccc1-2. The van der Waals surface area contributed by atoms with Gasteiger partial charge in [-0.1, -0.05) is 105 Å². The average molecular weight is 645 g/mol. The molecule has 6 rings (SSSR count). The molecule has 0 N–H and O–H groups in total. The van der Waals surface area contributed by atoms with Gasteiger partial charge in [0.05, 0.1) is 9.52 Å². The van der Waals surface area contributed by atoms with Gasteiger partial charge in [-0.15, -0.1) is 40.1 Å². The zero-order valence-electron chi connectivity index (χ0n) is 23.3. The minimum atomic E-state index is -0.826. The molecule has 0 bridgehead atoms. The van der Waals surface area contributed by atoms with Crippen LogP contribution in [-0.2, 0) is 39.1 Å². The normalized spacial score (nSPS) is 11.5. The first-order valence-electron chi connectivity index (χ1n) is 13.5. The van der Waals surface area contributed by atoms with E-state index in [1.165, 1.54) is 60.1 Å². The Balaban J connectivity index is 0.000000184. The maximum Gasteiger partial charge on any atom is 0.0920 e. The zero-order valence-corrected chi connectivity index (χ0v) is 28.3. The predicted octanol–water partition coefficient (Wildman–Crippen LogP) is 9.15. The van der Waals surface area contributed by atoms with Crippen LogP contribution in [0.5, 0.6) is 0 Å². The summed E-state index contributed by atoms with van der Waals surface area (Å²) in [5, 5.41) is 5.61. The van der Waals surface area contributed by atoms with Crippen LogP contribution in [0.1, 0.15) is 51.3 Å². The van der Waals surface area contributed by atoms with Crippen molar-refractivity contribution in [2.24, 2.45) is 0 Å². The Morgan fingerprint density at radius 2 is 1.49 bits per heavy atom. The molecule has 0 atom stereocenters. The van der Waals surface area contributed by atoms with E-state index in [9.17, 15) is 0 Å². The fourth-order valence-electron chi connectivity index (χ4n) is 5.26. The van der Waals surface area contributed by atoms with E-state index < -0.39 is 20.8 Å². The molecule has 1 aliphatic heterocycles. The molecule has 2 radical (unpaired) electrons. The summed E-state index contributed by atoms with van der Waals surface area (Å²) in [5.74, 6) is 0. The van der Waals surface area contributed by atoms with E-state index in [-0.39, 0.29) is 5.41 Å². The maximum absolute atomic E-state index is 4.93. The van der Waals surface area contributed by atoms with Crippen molar-refractivity contribution in [1.82, 2.24) is 0 Å².